The molecule has 4 N–H and O–H groups in total. The Kier molecular flexibility index (Phi) is 4.09. The van der Waals surface area contributed by atoms with Gasteiger partial charge in [0.2, 0.25) is 0 Å². The van der Waals surface area contributed by atoms with Gasteiger partial charge in [0, 0.05) is 22.5 Å². The highest BCUT2D eigenvalue weighted by Gasteiger charge is 2.62. The van der Waals surface area contributed by atoms with Crippen molar-refractivity contribution in [1.82, 2.24) is 20.8 Å². The van der Waals surface area contributed by atoms with Crippen molar-refractivity contribution in [2.45, 2.75) is 62.6 Å². The maximum atomic E-state index is 12.3. The van der Waals surface area contributed by atoms with E-state index in [0.717, 1.165) is 29.3 Å². The molecule has 3 saturated carbocycles. The van der Waals surface area contributed by atoms with Crippen LogP contribution in [0.25, 0.3) is 10.9 Å². The Hall–Kier alpha value is -1.79. The van der Waals surface area contributed by atoms with E-state index in [2.05, 4.69) is 20.8 Å². The first kappa shape index (κ1) is 17.3. The number of nitrogens with one attached hydrogen (secondary N) is 3. The molecule has 5 rings (SSSR count). The van der Waals surface area contributed by atoms with Crippen LogP contribution in [0.4, 0.5) is 4.79 Å². The zero-order chi connectivity index (χ0) is 18.6. The summed E-state index contributed by atoms with van der Waals surface area (Å²) < 4.78 is 0. The number of hydrogen-bond acceptors (Lipinski definition) is 3. The third kappa shape index (κ3) is 3.09. The van der Waals surface area contributed by atoms with Crippen LogP contribution in [0.5, 0.6) is 0 Å². The normalized spacial score (nSPS) is 33.0. The molecule has 3 fully saturated rings. The van der Waals surface area contributed by atoms with Crippen molar-refractivity contribution >= 4 is 28.5 Å². The van der Waals surface area contributed by atoms with Crippen LogP contribution in [0, 0.1) is 11.8 Å². The van der Waals surface area contributed by atoms with E-state index in [4.69, 9.17) is 11.6 Å². The molecule has 1 heterocycles. The Labute approximate surface area is 163 Å². The molecule has 27 heavy (non-hydrogen) atoms. The van der Waals surface area contributed by atoms with E-state index in [0.29, 0.717) is 35.7 Å². The van der Waals surface area contributed by atoms with Crippen LogP contribution in [0.1, 0.15) is 50.5 Å². The van der Waals surface area contributed by atoms with Crippen molar-refractivity contribution in [1.29, 1.82) is 0 Å². The molecule has 2 aromatic rings. The van der Waals surface area contributed by atoms with Crippen LogP contribution in [-0.2, 0) is 5.60 Å². The van der Waals surface area contributed by atoms with Gasteiger partial charge in [-0.2, -0.15) is 5.10 Å². The van der Waals surface area contributed by atoms with Gasteiger partial charge in [-0.15, -0.1) is 0 Å². The van der Waals surface area contributed by atoms with Crippen LogP contribution in [0.3, 0.4) is 0 Å². The number of aromatic amines is 1. The maximum absolute atomic E-state index is 12.3. The Morgan fingerprint density at radius 1 is 1.19 bits per heavy atom. The molecule has 2 unspecified atom stereocenters. The van der Waals surface area contributed by atoms with Crippen molar-refractivity contribution in [3.63, 3.8) is 0 Å². The van der Waals surface area contributed by atoms with E-state index in [1.54, 1.807) is 6.20 Å². The van der Waals surface area contributed by atoms with E-state index in [1.807, 2.05) is 12.1 Å². The molecule has 144 valence electrons. The maximum Gasteiger partial charge on any atom is 0.315 e. The fourth-order valence-corrected chi connectivity index (χ4v) is 5.54. The zero-order valence-corrected chi connectivity index (χ0v) is 15.9. The van der Waals surface area contributed by atoms with Gasteiger partial charge in [-0.3, -0.25) is 5.10 Å². The third-order valence-corrected chi connectivity index (χ3v) is 6.96. The fourth-order valence-electron chi connectivity index (χ4n) is 5.33. The summed E-state index contributed by atoms with van der Waals surface area (Å²) in [5.74, 6) is 0.654. The minimum atomic E-state index is -0.902. The molecular formula is C20H25ClN4O2. The van der Waals surface area contributed by atoms with E-state index in [9.17, 15) is 9.90 Å². The van der Waals surface area contributed by atoms with Crippen LogP contribution in [-0.4, -0.2) is 33.4 Å². The van der Waals surface area contributed by atoms with Gasteiger partial charge in [0.25, 0.3) is 0 Å². The van der Waals surface area contributed by atoms with Gasteiger partial charge >= 0.3 is 6.03 Å². The van der Waals surface area contributed by atoms with Crippen molar-refractivity contribution in [2.24, 2.45) is 11.8 Å². The smallest absolute Gasteiger partial charge is 0.315 e. The number of urea groups is 1. The zero-order valence-electron chi connectivity index (χ0n) is 15.2. The molecule has 3 aliphatic carbocycles. The molecule has 1 aromatic heterocycles. The first-order valence-corrected chi connectivity index (χ1v) is 10.3. The lowest BCUT2D eigenvalue weighted by Crippen LogP contribution is -2.45. The van der Waals surface area contributed by atoms with Gasteiger partial charge in [0.15, 0.2) is 0 Å². The summed E-state index contributed by atoms with van der Waals surface area (Å²) in [7, 11) is 0. The summed E-state index contributed by atoms with van der Waals surface area (Å²) in [6, 6.07) is 4.11. The van der Waals surface area contributed by atoms with Crippen molar-refractivity contribution in [3.8, 4) is 0 Å². The molecular weight excluding hydrogens is 364 g/mol. The van der Waals surface area contributed by atoms with Gasteiger partial charge in [-0.1, -0.05) is 30.9 Å². The van der Waals surface area contributed by atoms with Gasteiger partial charge in [-0.25, -0.2) is 4.79 Å². The summed E-state index contributed by atoms with van der Waals surface area (Å²) in [6.07, 6.45) is 8.89. The number of fused-ring (bicyclic) bond motifs is 2. The van der Waals surface area contributed by atoms with Crippen LogP contribution < -0.4 is 10.6 Å². The van der Waals surface area contributed by atoms with Crippen LogP contribution in [0.15, 0.2) is 18.3 Å². The molecule has 1 aromatic carbocycles. The number of aliphatic hydroxyl groups is 1. The average molecular weight is 389 g/mol. The van der Waals surface area contributed by atoms with E-state index in [1.165, 1.54) is 19.3 Å². The molecule has 0 aliphatic heterocycles. The average Bonchev–Trinajstić information content (AvgIpc) is 3.02. The molecule has 6 nitrogen and oxygen atoms in total. The first-order valence-electron chi connectivity index (χ1n) is 9.96. The number of carbonyl (C=O) groups is 1. The molecule has 0 spiro atoms. The van der Waals surface area contributed by atoms with E-state index >= 15 is 0 Å². The van der Waals surface area contributed by atoms with Crippen molar-refractivity contribution < 1.29 is 9.90 Å². The number of H-pyrrole nitrogens is 1. The number of carbonyl (C=O) groups excluding carboxylic acids is 1. The standard InChI is InChI=1S/C20H25ClN4O2/c21-11-6-16(15-10-22-25-17(15)7-11)20(27)8-13-14(9-20)18(13)24-19(26)23-12-4-2-1-3-5-12/h6-7,10,12-14,18,27H,1-5,8-9H2,(H,22,25)(H2,23,24,26)/t13-,14+,18?,20?. The highest BCUT2D eigenvalue weighted by atomic mass is 35.5. The highest BCUT2D eigenvalue weighted by molar-refractivity contribution is 6.31. The third-order valence-electron chi connectivity index (χ3n) is 6.74. The highest BCUT2D eigenvalue weighted by Crippen LogP contribution is 2.60. The van der Waals surface area contributed by atoms with E-state index < -0.39 is 5.60 Å². The lowest BCUT2D eigenvalue weighted by Gasteiger charge is -2.28. The topological polar surface area (TPSA) is 90.0 Å². The second-order valence-corrected chi connectivity index (χ2v) is 8.97. The summed E-state index contributed by atoms with van der Waals surface area (Å²) in [4.78, 5) is 12.3. The number of hydrogen-bond donors (Lipinski definition) is 4. The Morgan fingerprint density at radius 3 is 2.67 bits per heavy atom. The predicted molar refractivity (Wildman–Crippen MR) is 104 cm³/mol. The molecule has 0 radical (unpaired) electrons. The number of amides is 2. The minimum absolute atomic E-state index is 0.0511. The monoisotopic (exact) mass is 388 g/mol. The second kappa shape index (κ2) is 6.38. The van der Waals surface area contributed by atoms with Gasteiger partial charge in [0.05, 0.1) is 17.3 Å². The number of halogens is 1. The summed E-state index contributed by atoms with van der Waals surface area (Å²) in [5, 5.41) is 26.1. The molecule has 3 aliphatic rings. The lowest BCUT2D eigenvalue weighted by molar-refractivity contribution is 0.0299. The number of aromatic nitrogens is 2. The summed E-state index contributed by atoms with van der Waals surface area (Å²) in [5.41, 5.74) is 0.782. The SMILES string of the molecule is O=C(NC1CCCCC1)NC1[C@H]2CC(O)(c3cc(Cl)cc4[nH]ncc34)C[C@@H]12. The second-order valence-electron chi connectivity index (χ2n) is 8.53. The van der Waals surface area contributed by atoms with Gasteiger partial charge in [0.1, 0.15) is 0 Å². The molecule has 2 amide bonds. The molecule has 0 bridgehead atoms. The molecule has 4 atom stereocenters. The summed E-state index contributed by atoms with van der Waals surface area (Å²) >= 11 is 6.23. The Morgan fingerprint density at radius 2 is 1.93 bits per heavy atom. The first-order chi connectivity index (χ1) is 13.0. The largest absolute Gasteiger partial charge is 0.385 e. The van der Waals surface area contributed by atoms with Crippen molar-refractivity contribution in [3.05, 3.63) is 28.9 Å². The Bertz CT molecular complexity index is 864. The number of rotatable bonds is 3. The van der Waals surface area contributed by atoms with Crippen LogP contribution in [0.2, 0.25) is 5.02 Å². The lowest BCUT2D eigenvalue weighted by atomic mass is 9.86. The predicted octanol–water partition coefficient (Wildman–Crippen LogP) is 3.44. The minimum Gasteiger partial charge on any atom is -0.385 e. The fraction of sp³-hybridized carbons (Fsp3) is 0.600. The van der Waals surface area contributed by atoms with Crippen LogP contribution >= 0.6 is 11.6 Å². The van der Waals surface area contributed by atoms with Gasteiger partial charge in [-0.05, 0) is 55.2 Å². The number of nitrogens with zero attached hydrogens (tertiary/aromatic N) is 1. The molecule has 7 heteroatoms. The summed E-state index contributed by atoms with van der Waals surface area (Å²) in [6.45, 7) is 0. The van der Waals surface area contributed by atoms with Crippen molar-refractivity contribution in [2.75, 3.05) is 0 Å². The molecule has 0 saturated heterocycles. The quantitative estimate of drug-likeness (QED) is 0.649. The Balaban J connectivity index is 1.23. The van der Waals surface area contributed by atoms with E-state index in [-0.39, 0.29) is 12.1 Å². The van der Waals surface area contributed by atoms with Gasteiger partial charge < -0.3 is 15.7 Å². The number of benzene rings is 1.